The zero-order valence-corrected chi connectivity index (χ0v) is 20.6. The van der Waals surface area contributed by atoms with Crippen molar-refractivity contribution in [1.29, 1.82) is 0 Å². The van der Waals surface area contributed by atoms with E-state index < -0.39 is 17.8 Å². The topological polar surface area (TPSA) is 86.3 Å². The van der Waals surface area contributed by atoms with Gasteiger partial charge >= 0.3 is 0 Å². The third-order valence-corrected chi connectivity index (χ3v) is 6.32. The van der Waals surface area contributed by atoms with Crippen molar-refractivity contribution in [3.8, 4) is 23.0 Å². The molecule has 2 atom stereocenters. The van der Waals surface area contributed by atoms with Gasteiger partial charge < -0.3 is 29.2 Å². The molecule has 188 valence electrons. The SMILES string of the molecule is COc1ccc(C2C(C(=O)Nc3ccc(F)cc3)c3cc(OC)c(OC)cc3C(=O)N2C)cc1OC. The molecule has 1 heterocycles. The summed E-state index contributed by atoms with van der Waals surface area (Å²) < 4.78 is 35.1. The van der Waals surface area contributed by atoms with Crippen molar-refractivity contribution < 1.29 is 32.9 Å². The first kappa shape index (κ1) is 24.8. The van der Waals surface area contributed by atoms with Crippen LogP contribution in [0.25, 0.3) is 0 Å². The zero-order chi connectivity index (χ0) is 26.0. The van der Waals surface area contributed by atoms with Crippen LogP contribution < -0.4 is 24.3 Å². The highest BCUT2D eigenvalue weighted by molar-refractivity contribution is 6.05. The summed E-state index contributed by atoms with van der Waals surface area (Å²) in [6, 6.07) is 13.3. The first-order valence-electron chi connectivity index (χ1n) is 11.1. The summed E-state index contributed by atoms with van der Waals surface area (Å²) >= 11 is 0. The number of hydrogen-bond donors (Lipinski definition) is 1. The number of nitrogens with zero attached hydrogens (tertiary/aromatic N) is 1. The highest BCUT2D eigenvalue weighted by Crippen LogP contribution is 2.47. The van der Waals surface area contributed by atoms with E-state index in [1.54, 1.807) is 37.4 Å². The number of ether oxygens (including phenoxy) is 4. The van der Waals surface area contributed by atoms with E-state index in [2.05, 4.69) is 5.32 Å². The summed E-state index contributed by atoms with van der Waals surface area (Å²) in [6.07, 6.45) is 0. The van der Waals surface area contributed by atoms with Crippen molar-refractivity contribution in [3.05, 3.63) is 77.1 Å². The Bertz CT molecular complexity index is 1290. The minimum absolute atomic E-state index is 0.281. The van der Waals surface area contributed by atoms with E-state index in [9.17, 15) is 14.0 Å². The molecule has 0 radical (unpaired) electrons. The van der Waals surface area contributed by atoms with Crippen molar-refractivity contribution in [2.45, 2.75) is 12.0 Å². The summed E-state index contributed by atoms with van der Waals surface area (Å²) in [5.74, 6) is -0.172. The van der Waals surface area contributed by atoms with Crippen LogP contribution >= 0.6 is 0 Å². The number of rotatable bonds is 7. The van der Waals surface area contributed by atoms with Gasteiger partial charge in [0.2, 0.25) is 5.91 Å². The normalized spacial score (nSPS) is 16.7. The quantitative estimate of drug-likeness (QED) is 0.524. The van der Waals surface area contributed by atoms with Crippen LogP contribution in [0.3, 0.4) is 0 Å². The lowest BCUT2D eigenvalue weighted by molar-refractivity contribution is -0.119. The maximum Gasteiger partial charge on any atom is 0.254 e. The van der Waals surface area contributed by atoms with Crippen LogP contribution in [-0.2, 0) is 4.79 Å². The van der Waals surface area contributed by atoms with Crippen molar-refractivity contribution in [3.63, 3.8) is 0 Å². The van der Waals surface area contributed by atoms with E-state index in [0.29, 0.717) is 45.4 Å². The van der Waals surface area contributed by atoms with Crippen LogP contribution in [-0.4, -0.2) is 52.2 Å². The van der Waals surface area contributed by atoms with E-state index >= 15 is 0 Å². The summed E-state index contributed by atoms with van der Waals surface area (Å²) in [5, 5.41) is 2.86. The maximum atomic E-state index is 13.8. The van der Waals surface area contributed by atoms with Crippen LogP contribution in [0.1, 0.15) is 33.4 Å². The van der Waals surface area contributed by atoms with E-state index in [4.69, 9.17) is 18.9 Å². The number of methoxy groups -OCH3 is 4. The molecule has 4 rings (SSSR count). The van der Waals surface area contributed by atoms with Gasteiger partial charge in [0.1, 0.15) is 5.82 Å². The fourth-order valence-corrected chi connectivity index (χ4v) is 4.54. The Morgan fingerprint density at radius 3 is 2.03 bits per heavy atom. The molecule has 2 unspecified atom stereocenters. The number of nitrogens with one attached hydrogen (secondary N) is 1. The fraction of sp³-hybridized carbons (Fsp3) is 0.259. The van der Waals surface area contributed by atoms with Crippen molar-refractivity contribution in [2.24, 2.45) is 0 Å². The summed E-state index contributed by atoms with van der Waals surface area (Å²) in [5.41, 5.74) is 1.90. The molecule has 3 aromatic rings. The van der Waals surface area contributed by atoms with Gasteiger partial charge in [0.15, 0.2) is 23.0 Å². The van der Waals surface area contributed by atoms with E-state index in [0.717, 1.165) is 0 Å². The first-order chi connectivity index (χ1) is 17.3. The smallest absolute Gasteiger partial charge is 0.254 e. The van der Waals surface area contributed by atoms with Gasteiger partial charge in [0.25, 0.3) is 5.91 Å². The van der Waals surface area contributed by atoms with Gasteiger partial charge in [-0.1, -0.05) is 6.07 Å². The van der Waals surface area contributed by atoms with Gasteiger partial charge in [-0.2, -0.15) is 0 Å². The van der Waals surface area contributed by atoms with Crippen LogP contribution in [0, 0.1) is 5.82 Å². The first-order valence-corrected chi connectivity index (χ1v) is 11.1. The molecule has 8 nitrogen and oxygen atoms in total. The molecule has 0 saturated carbocycles. The fourth-order valence-electron chi connectivity index (χ4n) is 4.54. The van der Waals surface area contributed by atoms with Crippen molar-refractivity contribution in [1.82, 2.24) is 4.90 Å². The molecule has 1 aliphatic rings. The molecule has 3 aromatic carbocycles. The van der Waals surface area contributed by atoms with E-state index in [1.165, 1.54) is 57.6 Å². The number of fused-ring (bicyclic) bond motifs is 1. The number of carbonyl (C=O) groups is 2. The van der Waals surface area contributed by atoms with Crippen molar-refractivity contribution >= 4 is 17.5 Å². The van der Waals surface area contributed by atoms with Crippen LogP contribution in [0.4, 0.5) is 10.1 Å². The molecular formula is C27H27FN2O6. The van der Waals surface area contributed by atoms with Gasteiger partial charge in [-0.25, -0.2) is 4.39 Å². The summed E-state index contributed by atoms with van der Waals surface area (Å²) in [7, 11) is 7.65. The largest absolute Gasteiger partial charge is 0.493 e. The average Bonchev–Trinajstić information content (AvgIpc) is 2.90. The molecule has 1 N–H and O–H groups in total. The standard InChI is InChI=1S/C27H27FN2O6/c1-30-25(15-6-11-20(33-2)21(12-15)34-3)24(26(31)29-17-9-7-16(28)8-10-17)18-13-22(35-4)23(36-5)14-19(18)27(30)32/h6-14,24-25H,1-5H3,(H,29,31). The molecule has 9 heteroatoms. The Balaban J connectivity index is 1.89. The number of hydrogen-bond acceptors (Lipinski definition) is 6. The maximum absolute atomic E-state index is 13.8. The molecule has 36 heavy (non-hydrogen) atoms. The van der Waals surface area contributed by atoms with Crippen LogP contribution in [0.5, 0.6) is 23.0 Å². The van der Waals surface area contributed by atoms with E-state index in [1.807, 2.05) is 0 Å². The number of likely N-dealkylation sites (N-methyl/N-ethyl adjacent to an activating group) is 1. The van der Waals surface area contributed by atoms with Crippen LogP contribution in [0.2, 0.25) is 0 Å². The monoisotopic (exact) mass is 494 g/mol. The Kier molecular flexibility index (Phi) is 7.00. The lowest BCUT2D eigenvalue weighted by atomic mass is 9.79. The van der Waals surface area contributed by atoms with Gasteiger partial charge in [-0.05, 0) is 59.7 Å². The molecular weight excluding hydrogens is 467 g/mol. The Morgan fingerprint density at radius 2 is 1.42 bits per heavy atom. The highest BCUT2D eigenvalue weighted by Gasteiger charge is 2.44. The molecule has 0 spiro atoms. The van der Waals surface area contributed by atoms with E-state index in [-0.39, 0.29) is 11.8 Å². The zero-order valence-electron chi connectivity index (χ0n) is 20.6. The van der Waals surface area contributed by atoms with Crippen molar-refractivity contribution in [2.75, 3.05) is 40.8 Å². The lowest BCUT2D eigenvalue weighted by Gasteiger charge is -2.40. The Labute approximate surface area is 208 Å². The van der Waals surface area contributed by atoms with Gasteiger partial charge in [-0.15, -0.1) is 0 Å². The van der Waals surface area contributed by atoms with Gasteiger partial charge in [-0.3, -0.25) is 9.59 Å². The molecule has 2 amide bonds. The molecule has 0 fully saturated rings. The minimum Gasteiger partial charge on any atom is -0.493 e. The molecule has 1 aliphatic heterocycles. The molecule has 0 aromatic heterocycles. The predicted octanol–water partition coefficient (Wildman–Crippen LogP) is 4.41. The van der Waals surface area contributed by atoms with Crippen LogP contribution in [0.15, 0.2) is 54.6 Å². The molecule has 0 saturated heterocycles. The molecule has 0 bridgehead atoms. The third kappa shape index (κ3) is 4.39. The van der Waals surface area contributed by atoms with Gasteiger partial charge in [0, 0.05) is 18.3 Å². The number of benzene rings is 3. The number of amides is 2. The third-order valence-electron chi connectivity index (χ3n) is 6.32. The Morgan fingerprint density at radius 1 is 0.833 bits per heavy atom. The summed E-state index contributed by atoms with van der Waals surface area (Å²) in [4.78, 5) is 28.8. The number of anilines is 1. The number of halogens is 1. The average molecular weight is 495 g/mol. The molecule has 0 aliphatic carbocycles. The highest BCUT2D eigenvalue weighted by atomic mass is 19.1. The van der Waals surface area contributed by atoms with Gasteiger partial charge in [0.05, 0.1) is 40.4 Å². The lowest BCUT2D eigenvalue weighted by Crippen LogP contribution is -2.44. The second kappa shape index (κ2) is 10.2. The summed E-state index contributed by atoms with van der Waals surface area (Å²) in [6.45, 7) is 0. The predicted molar refractivity (Wildman–Crippen MR) is 132 cm³/mol. The minimum atomic E-state index is -0.842. The second-order valence-electron chi connectivity index (χ2n) is 8.24. The number of carbonyl (C=O) groups excluding carboxylic acids is 2. The Hall–Kier alpha value is -4.27. The second-order valence-corrected chi connectivity index (χ2v) is 8.24.